The first-order valence-corrected chi connectivity index (χ1v) is 12.0. The zero-order chi connectivity index (χ0) is 25.1. The zero-order valence-electron chi connectivity index (χ0n) is 18.2. The highest BCUT2D eigenvalue weighted by Gasteiger charge is 2.37. The molecular formula is C23H19N3O7S2. The lowest BCUT2D eigenvalue weighted by Crippen LogP contribution is -2.39. The van der Waals surface area contributed by atoms with Gasteiger partial charge in [0.2, 0.25) is 0 Å². The molecule has 4 rings (SSSR count). The van der Waals surface area contributed by atoms with Crippen molar-refractivity contribution in [2.75, 3.05) is 0 Å². The molecule has 0 unspecified atom stereocenters. The number of nitro groups is 2. The Morgan fingerprint density at radius 2 is 1.63 bits per heavy atom. The molecule has 2 aliphatic rings. The van der Waals surface area contributed by atoms with Crippen LogP contribution >= 0.6 is 24.0 Å². The molecule has 0 bridgehead atoms. The van der Waals surface area contributed by atoms with Crippen molar-refractivity contribution in [2.45, 2.75) is 38.1 Å². The van der Waals surface area contributed by atoms with Gasteiger partial charge in [-0.2, -0.15) is 0 Å². The van der Waals surface area contributed by atoms with Gasteiger partial charge in [0, 0.05) is 18.2 Å². The molecule has 0 N–H and O–H groups in total. The van der Waals surface area contributed by atoms with Crippen LogP contribution in [0.25, 0.3) is 6.08 Å². The molecule has 1 aliphatic heterocycles. The third-order valence-corrected chi connectivity index (χ3v) is 7.04. The first-order valence-electron chi connectivity index (χ1n) is 10.8. The Bertz CT molecular complexity index is 1220. The third-order valence-electron chi connectivity index (χ3n) is 5.71. The molecule has 2 aromatic carbocycles. The van der Waals surface area contributed by atoms with E-state index in [1.165, 1.54) is 30.3 Å². The van der Waals surface area contributed by atoms with Crippen LogP contribution in [0.4, 0.5) is 11.4 Å². The van der Waals surface area contributed by atoms with Crippen molar-refractivity contribution in [1.29, 1.82) is 0 Å². The predicted octanol–water partition coefficient (Wildman–Crippen LogP) is 5.26. The SMILES string of the molecule is O=C(Oc1ccc(/C=C2\SC(=S)N(C3CCCCC3)C2=O)cc1)c1cc([N+](=O)[O-])cc([N+](=O)[O-])c1. The molecule has 0 radical (unpaired) electrons. The molecule has 1 saturated carbocycles. The molecule has 10 nitrogen and oxygen atoms in total. The summed E-state index contributed by atoms with van der Waals surface area (Å²) in [5, 5.41) is 22.1. The lowest BCUT2D eigenvalue weighted by Gasteiger charge is -2.29. The largest absolute Gasteiger partial charge is 0.423 e. The number of nitrogens with zero attached hydrogens (tertiary/aromatic N) is 3. The average molecular weight is 514 g/mol. The molecule has 0 atom stereocenters. The summed E-state index contributed by atoms with van der Waals surface area (Å²) in [5.74, 6) is -0.941. The number of nitro benzene ring substituents is 2. The minimum atomic E-state index is -0.974. The number of thioether (sulfide) groups is 1. The maximum atomic E-state index is 12.9. The molecule has 1 amide bonds. The molecule has 12 heteroatoms. The van der Waals surface area contributed by atoms with E-state index in [1.807, 2.05) is 0 Å². The van der Waals surface area contributed by atoms with Crippen molar-refractivity contribution in [3.63, 3.8) is 0 Å². The number of hydrogen-bond acceptors (Lipinski definition) is 9. The number of amides is 1. The van der Waals surface area contributed by atoms with Gasteiger partial charge < -0.3 is 4.74 Å². The number of rotatable bonds is 6. The van der Waals surface area contributed by atoms with E-state index < -0.39 is 27.2 Å². The van der Waals surface area contributed by atoms with Gasteiger partial charge in [-0.3, -0.25) is 29.9 Å². The van der Waals surface area contributed by atoms with Crippen LogP contribution in [0.1, 0.15) is 48.0 Å². The maximum absolute atomic E-state index is 12.9. The average Bonchev–Trinajstić information content (AvgIpc) is 3.12. The summed E-state index contributed by atoms with van der Waals surface area (Å²) in [6.45, 7) is 0. The van der Waals surface area contributed by atoms with Crippen LogP contribution in [0.5, 0.6) is 5.75 Å². The Labute approximate surface area is 209 Å². The van der Waals surface area contributed by atoms with Gasteiger partial charge in [0.05, 0.1) is 26.4 Å². The van der Waals surface area contributed by atoms with Crippen molar-refractivity contribution in [3.05, 3.63) is 78.7 Å². The van der Waals surface area contributed by atoms with E-state index in [4.69, 9.17) is 17.0 Å². The van der Waals surface area contributed by atoms with Crippen molar-refractivity contribution in [1.82, 2.24) is 4.90 Å². The summed E-state index contributed by atoms with van der Waals surface area (Å²) in [4.78, 5) is 48.0. The lowest BCUT2D eigenvalue weighted by molar-refractivity contribution is -0.394. The Morgan fingerprint density at radius 3 is 2.20 bits per heavy atom. The van der Waals surface area contributed by atoms with E-state index in [9.17, 15) is 29.8 Å². The number of benzene rings is 2. The fourth-order valence-corrected chi connectivity index (χ4v) is 5.41. The van der Waals surface area contributed by atoms with Gasteiger partial charge in [0.1, 0.15) is 10.1 Å². The Balaban J connectivity index is 1.47. The first kappa shape index (κ1) is 24.5. The number of carbonyl (C=O) groups is 2. The van der Waals surface area contributed by atoms with Crippen molar-refractivity contribution in [2.24, 2.45) is 0 Å². The Hall–Kier alpha value is -3.64. The van der Waals surface area contributed by atoms with E-state index in [0.717, 1.165) is 43.9 Å². The molecule has 0 spiro atoms. The number of carbonyl (C=O) groups excluding carboxylic acids is 2. The highest BCUT2D eigenvalue weighted by atomic mass is 32.2. The summed E-state index contributed by atoms with van der Waals surface area (Å²) in [6, 6.07) is 9.03. The van der Waals surface area contributed by atoms with Gasteiger partial charge in [0.15, 0.2) is 0 Å². The van der Waals surface area contributed by atoms with Crippen LogP contribution in [-0.2, 0) is 4.79 Å². The maximum Gasteiger partial charge on any atom is 0.344 e. The zero-order valence-corrected chi connectivity index (χ0v) is 19.9. The van der Waals surface area contributed by atoms with Crippen LogP contribution in [0.15, 0.2) is 47.4 Å². The van der Waals surface area contributed by atoms with Gasteiger partial charge in [0.25, 0.3) is 17.3 Å². The number of esters is 1. The lowest BCUT2D eigenvalue weighted by atomic mass is 9.94. The van der Waals surface area contributed by atoms with E-state index in [0.29, 0.717) is 14.8 Å². The second-order valence-corrected chi connectivity index (χ2v) is 9.73. The minimum Gasteiger partial charge on any atom is -0.423 e. The van der Waals surface area contributed by atoms with Crippen LogP contribution in [0, 0.1) is 20.2 Å². The van der Waals surface area contributed by atoms with Gasteiger partial charge in [-0.25, -0.2) is 4.79 Å². The molecule has 180 valence electrons. The van der Waals surface area contributed by atoms with Crippen LogP contribution < -0.4 is 4.74 Å². The molecule has 1 aliphatic carbocycles. The fraction of sp³-hybridized carbons (Fsp3) is 0.261. The monoisotopic (exact) mass is 513 g/mol. The third kappa shape index (κ3) is 5.54. The van der Waals surface area contributed by atoms with Crippen molar-refractivity contribution < 1.29 is 24.2 Å². The fourth-order valence-electron chi connectivity index (χ4n) is 4.01. The Kier molecular flexibility index (Phi) is 7.22. The summed E-state index contributed by atoms with van der Waals surface area (Å²) >= 11 is 6.71. The van der Waals surface area contributed by atoms with E-state index in [2.05, 4.69) is 0 Å². The smallest absolute Gasteiger partial charge is 0.344 e. The molecular weight excluding hydrogens is 494 g/mol. The van der Waals surface area contributed by atoms with E-state index >= 15 is 0 Å². The predicted molar refractivity (Wildman–Crippen MR) is 133 cm³/mol. The van der Waals surface area contributed by atoms with E-state index in [-0.39, 0.29) is 23.3 Å². The summed E-state index contributed by atoms with van der Waals surface area (Å²) in [5.41, 5.74) is -0.805. The second kappa shape index (κ2) is 10.3. The summed E-state index contributed by atoms with van der Waals surface area (Å²) in [7, 11) is 0. The van der Waals surface area contributed by atoms with Crippen LogP contribution in [0.3, 0.4) is 0 Å². The number of hydrogen-bond donors (Lipinski definition) is 0. The molecule has 1 heterocycles. The number of ether oxygens (including phenoxy) is 1. The Morgan fingerprint density at radius 1 is 1.03 bits per heavy atom. The molecule has 0 aromatic heterocycles. The molecule has 2 aromatic rings. The highest BCUT2D eigenvalue weighted by molar-refractivity contribution is 8.26. The topological polar surface area (TPSA) is 133 Å². The molecule has 2 fully saturated rings. The standard InChI is InChI=1S/C23H19N3O7S2/c27-21-20(35-23(34)24(21)16-4-2-1-3-5-16)10-14-6-8-19(9-7-14)33-22(28)15-11-17(25(29)30)13-18(12-15)26(31)32/h6-13,16H,1-5H2/b20-10-. The summed E-state index contributed by atoms with van der Waals surface area (Å²) < 4.78 is 5.78. The first-order chi connectivity index (χ1) is 16.7. The van der Waals surface area contributed by atoms with E-state index in [1.54, 1.807) is 23.1 Å². The van der Waals surface area contributed by atoms with Crippen molar-refractivity contribution >= 4 is 57.6 Å². The minimum absolute atomic E-state index is 0.102. The normalized spacial score (nSPS) is 17.6. The van der Waals surface area contributed by atoms with Crippen LogP contribution in [0.2, 0.25) is 0 Å². The summed E-state index contributed by atoms with van der Waals surface area (Å²) in [6.07, 6.45) is 6.98. The van der Waals surface area contributed by atoms with Gasteiger partial charge in [-0.05, 0) is 36.6 Å². The molecule has 1 saturated heterocycles. The highest BCUT2D eigenvalue weighted by Crippen LogP contribution is 2.37. The van der Waals surface area contributed by atoms with Crippen LogP contribution in [-0.4, -0.2) is 37.0 Å². The second-order valence-electron chi connectivity index (χ2n) is 8.05. The molecule has 35 heavy (non-hydrogen) atoms. The number of non-ortho nitro benzene ring substituents is 2. The van der Waals surface area contributed by atoms with Gasteiger partial charge in [-0.1, -0.05) is 55.4 Å². The number of thiocarbonyl (C=S) groups is 1. The van der Waals surface area contributed by atoms with Gasteiger partial charge in [-0.15, -0.1) is 0 Å². The van der Waals surface area contributed by atoms with Crippen molar-refractivity contribution in [3.8, 4) is 5.75 Å². The quantitative estimate of drug-likeness (QED) is 0.127. The van der Waals surface area contributed by atoms with Gasteiger partial charge >= 0.3 is 5.97 Å².